The summed E-state index contributed by atoms with van der Waals surface area (Å²) in [7, 11) is 0. The summed E-state index contributed by atoms with van der Waals surface area (Å²) in [5.41, 5.74) is 2.19. The fraction of sp³-hybridized carbons (Fsp3) is 0.429. The van der Waals surface area contributed by atoms with Crippen LogP contribution in [-0.4, -0.2) is 21.8 Å². The minimum atomic E-state index is 0.129. The van der Waals surface area contributed by atoms with Crippen LogP contribution in [0.1, 0.15) is 32.3 Å². The van der Waals surface area contributed by atoms with E-state index in [1.54, 1.807) is 18.5 Å². The first kappa shape index (κ1) is 11.8. The van der Waals surface area contributed by atoms with Crippen molar-refractivity contribution < 1.29 is 4.79 Å². The molecular weight excluding hydrogens is 212 g/mol. The van der Waals surface area contributed by atoms with Crippen molar-refractivity contribution in [3.8, 4) is 0 Å². The Morgan fingerprint density at radius 2 is 2.06 bits per heavy atom. The number of amides is 1. The molecule has 0 N–H and O–H groups in total. The van der Waals surface area contributed by atoms with Crippen LogP contribution in [0.3, 0.4) is 0 Å². The Morgan fingerprint density at radius 1 is 1.41 bits per heavy atom. The topological polar surface area (TPSA) is 33.2 Å². The van der Waals surface area contributed by atoms with Crippen molar-refractivity contribution >= 4 is 5.91 Å². The largest absolute Gasteiger partial charge is 0.332 e. The fourth-order valence-electron chi connectivity index (χ4n) is 1.79. The Bertz CT molecular complexity index is 417. The van der Waals surface area contributed by atoms with Gasteiger partial charge in [-0.05, 0) is 44.4 Å². The van der Waals surface area contributed by atoms with Gasteiger partial charge in [0.1, 0.15) is 0 Å². The summed E-state index contributed by atoms with van der Waals surface area (Å²) in [5, 5.41) is 0. The van der Waals surface area contributed by atoms with Crippen molar-refractivity contribution in [1.29, 1.82) is 0 Å². The van der Waals surface area contributed by atoms with Crippen LogP contribution >= 0.6 is 0 Å². The van der Waals surface area contributed by atoms with Gasteiger partial charge in [0.2, 0.25) is 5.91 Å². The molecule has 0 bridgehead atoms. The van der Waals surface area contributed by atoms with E-state index in [2.05, 4.69) is 4.98 Å². The standard InChI is InChI=1S/C14H18N2O/c1-11(2)9-14(17)16(13-3-4-13)10-12-5-7-15-8-6-12/h5-9,13H,3-4,10H2,1-2H3. The van der Waals surface area contributed by atoms with Crippen LogP contribution in [0.25, 0.3) is 0 Å². The summed E-state index contributed by atoms with van der Waals surface area (Å²) in [5.74, 6) is 0.129. The molecule has 0 spiro atoms. The molecule has 0 unspecified atom stereocenters. The van der Waals surface area contributed by atoms with E-state index in [0.29, 0.717) is 12.6 Å². The van der Waals surface area contributed by atoms with E-state index in [-0.39, 0.29) is 5.91 Å². The molecule has 3 heteroatoms. The zero-order valence-electron chi connectivity index (χ0n) is 10.4. The molecule has 1 heterocycles. The van der Waals surface area contributed by atoms with Crippen molar-refractivity contribution in [2.24, 2.45) is 0 Å². The Labute approximate surface area is 102 Å². The van der Waals surface area contributed by atoms with Crippen molar-refractivity contribution in [1.82, 2.24) is 9.88 Å². The zero-order chi connectivity index (χ0) is 12.3. The van der Waals surface area contributed by atoms with E-state index in [1.807, 2.05) is 30.9 Å². The van der Waals surface area contributed by atoms with Gasteiger partial charge < -0.3 is 4.90 Å². The molecule has 0 saturated heterocycles. The molecular formula is C14H18N2O. The van der Waals surface area contributed by atoms with Crippen LogP contribution in [-0.2, 0) is 11.3 Å². The second-order valence-corrected chi connectivity index (χ2v) is 4.77. The van der Waals surface area contributed by atoms with Crippen LogP contribution < -0.4 is 0 Å². The number of hydrogen-bond acceptors (Lipinski definition) is 2. The lowest BCUT2D eigenvalue weighted by molar-refractivity contribution is -0.127. The normalized spacial score (nSPS) is 14.2. The Hall–Kier alpha value is -1.64. The molecule has 90 valence electrons. The van der Waals surface area contributed by atoms with Crippen LogP contribution in [0.4, 0.5) is 0 Å². The second kappa shape index (κ2) is 5.13. The average Bonchev–Trinajstić information content (AvgIpc) is 3.10. The summed E-state index contributed by atoms with van der Waals surface area (Å²) in [6.07, 6.45) is 7.53. The first-order valence-electron chi connectivity index (χ1n) is 6.01. The van der Waals surface area contributed by atoms with E-state index in [0.717, 1.165) is 24.0 Å². The first-order valence-corrected chi connectivity index (χ1v) is 6.01. The molecule has 1 aromatic heterocycles. The van der Waals surface area contributed by atoms with Crippen molar-refractivity contribution in [3.63, 3.8) is 0 Å². The molecule has 1 saturated carbocycles. The van der Waals surface area contributed by atoms with Gasteiger partial charge in [0, 0.05) is 31.1 Å². The molecule has 0 aromatic carbocycles. The van der Waals surface area contributed by atoms with E-state index in [9.17, 15) is 4.79 Å². The number of aromatic nitrogens is 1. The van der Waals surface area contributed by atoms with Gasteiger partial charge in [-0.25, -0.2) is 0 Å². The van der Waals surface area contributed by atoms with Gasteiger partial charge in [0.15, 0.2) is 0 Å². The summed E-state index contributed by atoms with van der Waals surface area (Å²) >= 11 is 0. The molecule has 17 heavy (non-hydrogen) atoms. The molecule has 0 aliphatic heterocycles. The third kappa shape index (κ3) is 3.41. The van der Waals surface area contributed by atoms with Gasteiger partial charge in [0.25, 0.3) is 0 Å². The number of pyridine rings is 1. The predicted octanol–water partition coefficient (Wildman–Crippen LogP) is 2.54. The first-order chi connectivity index (χ1) is 8.16. The minimum absolute atomic E-state index is 0.129. The fourth-order valence-corrected chi connectivity index (χ4v) is 1.79. The Kier molecular flexibility index (Phi) is 3.57. The summed E-state index contributed by atoms with van der Waals surface area (Å²) in [4.78, 5) is 18.0. The van der Waals surface area contributed by atoms with Gasteiger partial charge in [-0.15, -0.1) is 0 Å². The lowest BCUT2D eigenvalue weighted by Crippen LogP contribution is -2.31. The highest BCUT2D eigenvalue weighted by Gasteiger charge is 2.31. The smallest absolute Gasteiger partial charge is 0.247 e. The molecule has 0 atom stereocenters. The maximum atomic E-state index is 12.1. The van der Waals surface area contributed by atoms with E-state index in [4.69, 9.17) is 0 Å². The zero-order valence-corrected chi connectivity index (χ0v) is 10.4. The molecule has 1 aliphatic carbocycles. The van der Waals surface area contributed by atoms with Crippen molar-refractivity contribution in [3.05, 3.63) is 41.7 Å². The molecule has 2 rings (SSSR count). The summed E-state index contributed by atoms with van der Waals surface area (Å²) in [6.45, 7) is 4.60. The molecule has 1 aliphatic rings. The molecule has 1 fully saturated rings. The monoisotopic (exact) mass is 230 g/mol. The molecule has 1 amide bonds. The van der Waals surface area contributed by atoms with Gasteiger partial charge in [0.05, 0.1) is 0 Å². The second-order valence-electron chi connectivity index (χ2n) is 4.77. The highest BCUT2D eigenvalue weighted by atomic mass is 16.2. The highest BCUT2D eigenvalue weighted by molar-refractivity contribution is 5.88. The number of hydrogen-bond donors (Lipinski definition) is 0. The molecule has 1 aromatic rings. The van der Waals surface area contributed by atoms with Gasteiger partial charge in [-0.1, -0.05) is 5.57 Å². The number of rotatable bonds is 4. The SMILES string of the molecule is CC(C)=CC(=O)N(Cc1ccncc1)C1CC1. The molecule has 3 nitrogen and oxygen atoms in total. The van der Waals surface area contributed by atoms with E-state index < -0.39 is 0 Å². The van der Waals surface area contributed by atoms with Crippen LogP contribution in [0, 0.1) is 0 Å². The third-order valence-corrected chi connectivity index (χ3v) is 2.79. The highest BCUT2D eigenvalue weighted by Crippen LogP contribution is 2.28. The maximum absolute atomic E-state index is 12.1. The van der Waals surface area contributed by atoms with Crippen LogP contribution in [0.5, 0.6) is 0 Å². The number of nitrogens with zero attached hydrogens (tertiary/aromatic N) is 2. The van der Waals surface area contributed by atoms with Crippen LogP contribution in [0.15, 0.2) is 36.2 Å². The van der Waals surface area contributed by atoms with E-state index >= 15 is 0 Å². The Morgan fingerprint density at radius 3 is 2.59 bits per heavy atom. The maximum Gasteiger partial charge on any atom is 0.247 e. The summed E-state index contributed by atoms with van der Waals surface area (Å²) < 4.78 is 0. The minimum Gasteiger partial charge on any atom is -0.332 e. The summed E-state index contributed by atoms with van der Waals surface area (Å²) in [6, 6.07) is 4.36. The average molecular weight is 230 g/mol. The third-order valence-electron chi connectivity index (χ3n) is 2.79. The van der Waals surface area contributed by atoms with Gasteiger partial charge >= 0.3 is 0 Å². The lowest BCUT2D eigenvalue weighted by Gasteiger charge is -2.21. The molecule has 0 radical (unpaired) electrons. The number of carbonyl (C=O) groups is 1. The van der Waals surface area contributed by atoms with Crippen molar-refractivity contribution in [2.45, 2.75) is 39.3 Å². The number of carbonyl (C=O) groups excluding carboxylic acids is 1. The lowest BCUT2D eigenvalue weighted by atomic mass is 10.2. The van der Waals surface area contributed by atoms with Crippen LogP contribution in [0.2, 0.25) is 0 Å². The van der Waals surface area contributed by atoms with E-state index in [1.165, 1.54) is 0 Å². The quantitative estimate of drug-likeness (QED) is 0.745. The predicted molar refractivity (Wildman–Crippen MR) is 67.2 cm³/mol. The van der Waals surface area contributed by atoms with Crippen molar-refractivity contribution in [2.75, 3.05) is 0 Å². The van der Waals surface area contributed by atoms with Gasteiger partial charge in [-0.3, -0.25) is 9.78 Å². The Balaban J connectivity index is 2.08. The van der Waals surface area contributed by atoms with Gasteiger partial charge in [-0.2, -0.15) is 0 Å². The number of allylic oxidation sites excluding steroid dienone is 1.